The van der Waals surface area contributed by atoms with Gasteiger partial charge in [-0.15, -0.1) is 0 Å². The second kappa shape index (κ2) is 4.44. The molecule has 1 heterocycles. The Morgan fingerprint density at radius 2 is 2.19 bits per heavy atom. The van der Waals surface area contributed by atoms with Crippen molar-refractivity contribution in [3.63, 3.8) is 0 Å². The first-order valence-electron chi connectivity index (χ1n) is 5.45. The zero-order valence-corrected chi connectivity index (χ0v) is 10.4. The first-order valence-corrected chi connectivity index (χ1v) is 5.83. The highest BCUT2D eigenvalue weighted by atomic mass is 35.5. The first-order chi connectivity index (χ1) is 7.63. The third-order valence-corrected chi connectivity index (χ3v) is 3.06. The van der Waals surface area contributed by atoms with Gasteiger partial charge in [0.05, 0.1) is 11.0 Å². The summed E-state index contributed by atoms with van der Waals surface area (Å²) in [4.78, 5) is 4.64. The molecule has 0 aliphatic carbocycles. The standard InChI is InChI=1S/C12H16ClN3/c1-8-6-9(13)7-10-12(8)15-11(16(10)2)4-3-5-14/h6-7H,3-5,14H2,1-2H3. The SMILES string of the molecule is Cc1cc(Cl)cc2c1nc(CCCN)n2C. The summed E-state index contributed by atoms with van der Waals surface area (Å²) in [6, 6.07) is 3.91. The summed E-state index contributed by atoms with van der Waals surface area (Å²) in [5.41, 5.74) is 8.77. The van der Waals surface area contributed by atoms with Crippen LogP contribution in [0.25, 0.3) is 11.0 Å². The minimum Gasteiger partial charge on any atom is -0.331 e. The molecule has 3 nitrogen and oxygen atoms in total. The van der Waals surface area contributed by atoms with Gasteiger partial charge in [0.1, 0.15) is 5.82 Å². The van der Waals surface area contributed by atoms with Gasteiger partial charge in [-0.05, 0) is 37.6 Å². The van der Waals surface area contributed by atoms with Crippen LogP contribution in [0.3, 0.4) is 0 Å². The monoisotopic (exact) mass is 237 g/mol. The van der Waals surface area contributed by atoms with Gasteiger partial charge in [0.2, 0.25) is 0 Å². The lowest BCUT2D eigenvalue weighted by Gasteiger charge is -2.01. The molecule has 0 radical (unpaired) electrons. The Hall–Kier alpha value is -1.06. The number of aryl methyl sites for hydroxylation is 3. The smallest absolute Gasteiger partial charge is 0.109 e. The van der Waals surface area contributed by atoms with Crippen molar-refractivity contribution in [2.24, 2.45) is 12.8 Å². The number of halogens is 1. The summed E-state index contributed by atoms with van der Waals surface area (Å²) in [6.07, 6.45) is 1.88. The summed E-state index contributed by atoms with van der Waals surface area (Å²) in [5, 5.41) is 0.762. The van der Waals surface area contributed by atoms with Crippen LogP contribution in [0.1, 0.15) is 17.8 Å². The number of nitrogens with two attached hydrogens (primary N) is 1. The number of hydrogen-bond donors (Lipinski definition) is 1. The zero-order chi connectivity index (χ0) is 11.7. The summed E-state index contributed by atoms with van der Waals surface area (Å²) >= 11 is 6.05. The summed E-state index contributed by atoms with van der Waals surface area (Å²) in [6.45, 7) is 2.73. The molecule has 1 aromatic carbocycles. The quantitative estimate of drug-likeness (QED) is 0.891. The van der Waals surface area contributed by atoms with E-state index in [0.29, 0.717) is 6.54 Å². The molecule has 0 bridgehead atoms. The Morgan fingerprint density at radius 3 is 2.88 bits per heavy atom. The predicted octanol–water partition coefficient (Wildman–Crippen LogP) is 2.43. The number of fused-ring (bicyclic) bond motifs is 1. The number of rotatable bonds is 3. The van der Waals surface area contributed by atoms with E-state index < -0.39 is 0 Å². The number of imidazole rings is 1. The predicted molar refractivity (Wildman–Crippen MR) is 67.8 cm³/mol. The third-order valence-electron chi connectivity index (χ3n) is 2.84. The third kappa shape index (κ3) is 1.93. The number of aromatic nitrogens is 2. The van der Waals surface area contributed by atoms with Gasteiger partial charge in [-0.1, -0.05) is 11.6 Å². The molecule has 2 aromatic rings. The zero-order valence-electron chi connectivity index (χ0n) is 9.63. The average Bonchev–Trinajstić information content (AvgIpc) is 2.54. The Labute approximate surface area is 100 Å². The van der Waals surface area contributed by atoms with E-state index in [0.717, 1.165) is 40.3 Å². The molecule has 1 aromatic heterocycles. The number of nitrogens with zero attached hydrogens (tertiary/aromatic N) is 2. The molecule has 0 aliphatic rings. The van der Waals surface area contributed by atoms with E-state index in [2.05, 4.69) is 9.55 Å². The van der Waals surface area contributed by atoms with Crippen LogP contribution in [0.4, 0.5) is 0 Å². The second-order valence-corrected chi connectivity index (χ2v) is 4.51. The van der Waals surface area contributed by atoms with Crippen molar-refractivity contribution in [3.05, 3.63) is 28.5 Å². The molecule has 86 valence electrons. The summed E-state index contributed by atoms with van der Waals surface area (Å²) < 4.78 is 2.10. The fraction of sp³-hybridized carbons (Fsp3) is 0.417. The molecule has 0 fully saturated rings. The maximum absolute atomic E-state index is 6.05. The Morgan fingerprint density at radius 1 is 1.44 bits per heavy atom. The van der Waals surface area contributed by atoms with Crippen LogP contribution in [0, 0.1) is 6.92 Å². The van der Waals surface area contributed by atoms with Gasteiger partial charge in [0, 0.05) is 18.5 Å². The lowest BCUT2D eigenvalue weighted by Crippen LogP contribution is -2.04. The van der Waals surface area contributed by atoms with E-state index in [9.17, 15) is 0 Å². The fourth-order valence-corrected chi connectivity index (χ4v) is 2.21. The van der Waals surface area contributed by atoms with Crippen LogP contribution in [0.15, 0.2) is 12.1 Å². The van der Waals surface area contributed by atoms with Gasteiger partial charge in [-0.3, -0.25) is 0 Å². The number of benzene rings is 1. The van der Waals surface area contributed by atoms with Gasteiger partial charge >= 0.3 is 0 Å². The molecule has 2 N–H and O–H groups in total. The number of hydrogen-bond acceptors (Lipinski definition) is 2. The van der Waals surface area contributed by atoms with E-state index in [1.54, 1.807) is 0 Å². The molecular formula is C12H16ClN3. The van der Waals surface area contributed by atoms with Crippen molar-refractivity contribution in [2.45, 2.75) is 19.8 Å². The van der Waals surface area contributed by atoms with Crippen LogP contribution < -0.4 is 5.73 Å². The maximum atomic E-state index is 6.05. The molecule has 16 heavy (non-hydrogen) atoms. The second-order valence-electron chi connectivity index (χ2n) is 4.07. The highest BCUT2D eigenvalue weighted by Gasteiger charge is 2.10. The largest absolute Gasteiger partial charge is 0.331 e. The minimum atomic E-state index is 0.697. The van der Waals surface area contributed by atoms with Crippen LogP contribution >= 0.6 is 11.6 Å². The average molecular weight is 238 g/mol. The van der Waals surface area contributed by atoms with Crippen molar-refractivity contribution < 1.29 is 0 Å². The molecular weight excluding hydrogens is 222 g/mol. The van der Waals surface area contributed by atoms with Crippen LogP contribution in [-0.4, -0.2) is 16.1 Å². The molecule has 0 unspecified atom stereocenters. The molecule has 2 rings (SSSR count). The van der Waals surface area contributed by atoms with E-state index in [1.165, 1.54) is 0 Å². The summed E-state index contributed by atoms with van der Waals surface area (Å²) in [7, 11) is 2.02. The van der Waals surface area contributed by atoms with Crippen molar-refractivity contribution >= 4 is 22.6 Å². The topological polar surface area (TPSA) is 43.8 Å². The van der Waals surface area contributed by atoms with Gasteiger partial charge < -0.3 is 10.3 Å². The van der Waals surface area contributed by atoms with E-state index in [4.69, 9.17) is 17.3 Å². The molecule has 0 aliphatic heterocycles. The van der Waals surface area contributed by atoms with Gasteiger partial charge in [-0.2, -0.15) is 0 Å². The first kappa shape index (κ1) is 11.4. The van der Waals surface area contributed by atoms with E-state index in [-0.39, 0.29) is 0 Å². The molecule has 0 spiro atoms. The van der Waals surface area contributed by atoms with E-state index >= 15 is 0 Å². The summed E-state index contributed by atoms with van der Waals surface area (Å²) in [5.74, 6) is 1.07. The van der Waals surface area contributed by atoms with Crippen molar-refractivity contribution in [1.82, 2.24) is 9.55 Å². The Bertz CT molecular complexity index is 516. The lowest BCUT2D eigenvalue weighted by molar-refractivity contribution is 0.741. The normalized spacial score (nSPS) is 11.2. The Kier molecular flexibility index (Phi) is 3.17. The van der Waals surface area contributed by atoms with Gasteiger partial charge in [0.25, 0.3) is 0 Å². The van der Waals surface area contributed by atoms with Gasteiger partial charge in [-0.25, -0.2) is 4.98 Å². The minimum absolute atomic E-state index is 0.697. The van der Waals surface area contributed by atoms with Crippen molar-refractivity contribution in [2.75, 3.05) is 6.54 Å². The lowest BCUT2D eigenvalue weighted by atomic mass is 10.2. The molecule has 0 saturated heterocycles. The fourth-order valence-electron chi connectivity index (χ4n) is 1.95. The molecule has 0 amide bonds. The Balaban J connectivity index is 2.54. The molecule has 0 saturated carbocycles. The van der Waals surface area contributed by atoms with Crippen LogP contribution in [-0.2, 0) is 13.5 Å². The van der Waals surface area contributed by atoms with Crippen LogP contribution in [0.2, 0.25) is 5.02 Å². The van der Waals surface area contributed by atoms with Crippen molar-refractivity contribution in [3.8, 4) is 0 Å². The molecule has 0 atom stereocenters. The highest BCUT2D eigenvalue weighted by molar-refractivity contribution is 6.31. The molecule has 4 heteroatoms. The maximum Gasteiger partial charge on any atom is 0.109 e. The van der Waals surface area contributed by atoms with Crippen molar-refractivity contribution in [1.29, 1.82) is 0 Å². The van der Waals surface area contributed by atoms with Crippen LogP contribution in [0.5, 0.6) is 0 Å². The van der Waals surface area contributed by atoms with E-state index in [1.807, 2.05) is 26.1 Å². The van der Waals surface area contributed by atoms with Gasteiger partial charge in [0.15, 0.2) is 0 Å². The highest BCUT2D eigenvalue weighted by Crippen LogP contribution is 2.24.